The number of ether oxygens (including phenoxy) is 1. The summed E-state index contributed by atoms with van der Waals surface area (Å²) in [5, 5.41) is 10.6. The van der Waals surface area contributed by atoms with Crippen molar-refractivity contribution in [2.45, 2.75) is 75.5 Å². The predicted octanol–water partition coefficient (Wildman–Crippen LogP) is 5.62. The van der Waals surface area contributed by atoms with E-state index in [-0.39, 0.29) is 18.0 Å². The SMILES string of the molecule is C[C@@H](c1ccc(-c2ccc(C3(C(N)=O)CCC3)nc2)cc1)N1CC[C@](CC(C)(C)O)(c2ccccc2)OC1=O. The van der Waals surface area contributed by atoms with Crippen LogP contribution in [-0.4, -0.2) is 39.1 Å². The van der Waals surface area contributed by atoms with Crippen molar-refractivity contribution < 1.29 is 19.4 Å². The summed E-state index contributed by atoms with van der Waals surface area (Å²) < 4.78 is 6.14. The number of pyridine rings is 1. The van der Waals surface area contributed by atoms with Gasteiger partial charge in [0, 0.05) is 31.1 Å². The van der Waals surface area contributed by atoms with E-state index in [1.807, 2.05) is 73.7 Å². The van der Waals surface area contributed by atoms with Gasteiger partial charge < -0.3 is 20.5 Å². The molecule has 2 fully saturated rings. The van der Waals surface area contributed by atoms with Gasteiger partial charge >= 0.3 is 6.09 Å². The zero-order valence-electron chi connectivity index (χ0n) is 22.9. The normalized spacial score (nSPS) is 21.5. The first-order valence-electron chi connectivity index (χ1n) is 13.7. The molecule has 0 spiro atoms. The fourth-order valence-electron chi connectivity index (χ4n) is 6.03. The maximum absolute atomic E-state index is 13.3. The minimum atomic E-state index is -0.995. The number of nitrogens with two attached hydrogens (primary N) is 1. The maximum Gasteiger partial charge on any atom is 0.411 e. The van der Waals surface area contributed by atoms with Gasteiger partial charge in [0.25, 0.3) is 0 Å². The second kappa shape index (κ2) is 10.1. The largest absolute Gasteiger partial charge is 0.438 e. The Morgan fingerprint density at radius 1 is 1.05 bits per heavy atom. The van der Waals surface area contributed by atoms with Gasteiger partial charge in [-0.3, -0.25) is 9.78 Å². The van der Waals surface area contributed by atoms with Crippen molar-refractivity contribution in [1.82, 2.24) is 9.88 Å². The lowest BCUT2D eigenvalue weighted by Crippen LogP contribution is -2.51. The Morgan fingerprint density at radius 3 is 2.23 bits per heavy atom. The van der Waals surface area contributed by atoms with Crippen LogP contribution in [0.15, 0.2) is 72.9 Å². The van der Waals surface area contributed by atoms with E-state index in [0.717, 1.165) is 47.2 Å². The maximum atomic E-state index is 13.3. The van der Waals surface area contributed by atoms with E-state index in [9.17, 15) is 14.7 Å². The summed E-state index contributed by atoms with van der Waals surface area (Å²) in [6, 6.07) is 21.5. The summed E-state index contributed by atoms with van der Waals surface area (Å²) in [6.07, 6.45) is 4.81. The molecule has 0 radical (unpaired) electrons. The Balaban J connectivity index is 1.30. The molecule has 204 valence electrons. The van der Waals surface area contributed by atoms with E-state index < -0.39 is 16.6 Å². The third kappa shape index (κ3) is 5.15. The molecule has 3 aromatic rings. The smallest absolute Gasteiger partial charge is 0.411 e. The minimum Gasteiger partial charge on any atom is -0.438 e. The molecule has 0 bridgehead atoms. The van der Waals surface area contributed by atoms with Crippen LogP contribution in [0.5, 0.6) is 0 Å². The monoisotopic (exact) mass is 527 g/mol. The van der Waals surface area contributed by atoms with Crippen molar-refractivity contribution in [1.29, 1.82) is 0 Å². The summed E-state index contributed by atoms with van der Waals surface area (Å²) in [5.74, 6) is -0.301. The van der Waals surface area contributed by atoms with E-state index in [0.29, 0.717) is 19.4 Å². The highest BCUT2D eigenvalue weighted by Gasteiger charge is 2.47. The van der Waals surface area contributed by atoms with Crippen LogP contribution < -0.4 is 5.73 Å². The minimum absolute atomic E-state index is 0.183. The summed E-state index contributed by atoms with van der Waals surface area (Å²) in [4.78, 5) is 31.7. The third-order valence-corrected chi connectivity index (χ3v) is 8.42. The molecule has 2 heterocycles. The van der Waals surface area contributed by atoms with Crippen LogP contribution in [0.3, 0.4) is 0 Å². The molecule has 1 aliphatic carbocycles. The van der Waals surface area contributed by atoms with Crippen LogP contribution in [-0.2, 0) is 20.5 Å². The van der Waals surface area contributed by atoms with Gasteiger partial charge in [-0.05, 0) is 56.4 Å². The second-order valence-electron chi connectivity index (χ2n) is 11.7. The molecule has 1 aliphatic heterocycles. The van der Waals surface area contributed by atoms with Gasteiger partial charge in [0.05, 0.1) is 22.8 Å². The molecular formula is C32H37N3O4. The highest BCUT2D eigenvalue weighted by atomic mass is 16.6. The first kappa shape index (κ1) is 26.9. The molecule has 2 aliphatic rings. The number of aromatic nitrogens is 1. The van der Waals surface area contributed by atoms with Crippen LogP contribution in [0.2, 0.25) is 0 Å². The molecule has 5 rings (SSSR count). The highest BCUT2D eigenvalue weighted by Crippen LogP contribution is 2.44. The van der Waals surface area contributed by atoms with Crippen molar-refractivity contribution in [3.63, 3.8) is 0 Å². The van der Waals surface area contributed by atoms with Gasteiger partial charge in [0.15, 0.2) is 0 Å². The second-order valence-corrected chi connectivity index (χ2v) is 11.7. The Bertz CT molecular complexity index is 1330. The Morgan fingerprint density at radius 2 is 1.72 bits per heavy atom. The summed E-state index contributed by atoms with van der Waals surface area (Å²) in [5.41, 5.74) is 7.78. The number of cyclic esters (lactones) is 1. The van der Waals surface area contributed by atoms with E-state index >= 15 is 0 Å². The molecule has 7 nitrogen and oxygen atoms in total. The first-order chi connectivity index (χ1) is 18.5. The molecule has 1 saturated carbocycles. The fourth-order valence-corrected chi connectivity index (χ4v) is 6.03. The topological polar surface area (TPSA) is 106 Å². The van der Waals surface area contributed by atoms with Crippen LogP contribution in [0.1, 0.15) is 75.7 Å². The molecule has 1 saturated heterocycles. The quantitative estimate of drug-likeness (QED) is 0.396. The Kier molecular flexibility index (Phi) is 6.97. The summed E-state index contributed by atoms with van der Waals surface area (Å²) >= 11 is 0. The Labute approximate surface area is 230 Å². The van der Waals surface area contributed by atoms with Crippen molar-refractivity contribution in [2.24, 2.45) is 5.73 Å². The van der Waals surface area contributed by atoms with Gasteiger partial charge in [-0.15, -0.1) is 0 Å². The van der Waals surface area contributed by atoms with Crippen molar-refractivity contribution in [2.75, 3.05) is 6.54 Å². The van der Waals surface area contributed by atoms with Gasteiger partial charge in [-0.25, -0.2) is 4.79 Å². The number of carbonyl (C=O) groups excluding carboxylic acids is 2. The van der Waals surface area contributed by atoms with Crippen LogP contribution in [0, 0.1) is 0 Å². The molecular weight excluding hydrogens is 490 g/mol. The zero-order chi connectivity index (χ0) is 27.8. The number of rotatable bonds is 8. The van der Waals surface area contributed by atoms with Gasteiger partial charge in [-0.2, -0.15) is 0 Å². The molecule has 2 atom stereocenters. The first-order valence-corrected chi connectivity index (χ1v) is 13.7. The number of hydrogen-bond donors (Lipinski definition) is 2. The third-order valence-electron chi connectivity index (χ3n) is 8.42. The van der Waals surface area contributed by atoms with Crippen molar-refractivity contribution in [3.05, 3.63) is 89.7 Å². The van der Waals surface area contributed by atoms with E-state index in [2.05, 4.69) is 4.98 Å². The molecule has 2 aromatic carbocycles. The Hall–Kier alpha value is -3.71. The van der Waals surface area contributed by atoms with Crippen LogP contribution in [0.4, 0.5) is 4.79 Å². The van der Waals surface area contributed by atoms with Crippen LogP contribution in [0.25, 0.3) is 11.1 Å². The lowest BCUT2D eigenvalue weighted by atomic mass is 9.66. The number of primary amides is 1. The number of nitrogens with zero attached hydrogens (tertiary/aromatic N) is 2. The molecule has 3 N–H and O–H groups in total. The van der Waals surface area contributed by atoms with Crippen molar-refractivity contribution in [3.8, 4) is 11.1 Å². The number of aliphatic hydroxyl groups is 1. The average Bonchev–Trinajstić information content (AvgIpc) is 2.88. The van der Waals surface area contributed by atoms with Crippen molar-refractivity contribution >= 4 is 12.0 Å². The lowest BCUT2D eigenvalue weighted by Gasteiger charge is -2.45. The van der Waals surface area contributed by atoms with E-state index in [1.165, 1.54) is 0 Å². The zero-order valence-corrected chi connectivity index (χ0v) is 22.9. The molecule has 39 heavy (non-hydrogen) atoms. The number of amides is 2. The molecule has 0 unspecified atom stereocenters. The van der Waals surface area contributed by atoms with E-state index in [4.69, 9.17) is 10.5 Å². The van der Waals surface area contributed by atoms with E-state index in [1.54, 1.807) is 24.9 Å². The number of benzene rings is 2. The summed E-state index contributed by atoms with van der Waals surface area (Å²) in [7, 11) is 0. The molecule has 1 aromatic heterocycles. The molecule has 7 heteroatoms. The molecule has 2 amide bonds. The highest BCUT2D eigenvalue weighted by molar-refractivity contribution is 5.87. The number of carbonyl (C=O) groups is 2. The standard InChI is InChI=1S/C32H37N3O4/c1-22(35-19-18-32(39-29(35)37,21-30(2,3)38)26-8-5-4-6-9-26)23-10-12-24(13-11-23)25-14-15-27(34-20-25)31(28(33)36)16-7-17-31/h4-6,8-15,20,22,38H,7,16-19,21H2,1-3H3,(H2,33,36)/t22-,32-/m0/s1. The lowest BCUT2D eigenvalue weighted by molar-refractivity contribution is -0.126. The summed E-state index contributed by atoms with van der Waals surface area (Å²) in [6.45, 7) is 6.00. The predicted molar refractivity (Wildman–Crippen MR) is 150 cm³/mol. The number of hydrogen-bond acceptors (Lipinski definition) is 5. The average molecular weight is 528 g/mol. The van der Waals surface area contributed by atoms with Gasteiger partial charge in [0.1, 0.15) is 5.60 Å². The van der Waals surface area contributed by atoms with Gasteiger partial charge in [0.2, 0.25) is 5.91 Å². The fraction of sp³-hybridized carbons (Fsp3) is 0.406. The van der Waals surface area contributed by atoms with Gasteiger partial charge in [-0.1, -0.05) is 67.1 Å². The van der Waals surface area contributed by atoms with Crippen LogP contribution >= 0.6 is 0 Å².